The van der Waals surface area contributed by atoms with Crippen molar-refractivity contribution >= 4 is 34.6 Å². The smallest absolute Gasteiger partial charge is 0.264 e. The number of nitrogens with zero attached hydrogens (tertiary/aromatic N) is 2. The number of benzene rings is 1. The van der Waals surface area contributed by atoms with E-state index in [1.165, 1.54) is 23.9 Å². The number of amidine groups is 1. The van der Waals surface area contributed by atoms with E-state index in [1.54, 1.807) is 12.1 Å². The Kier molecular flexibility index (Phi) is 4.11. The minimum absolute atomic E-state index is 0.172. The minimum atomic E-state index is -0.312. The lowest BCUT2D eigenvalue weighted by atomic mass is 10.3. The van der Waals surface area contributed by atoms with Crippen LogP contribution in [-0.2, 0) is 11.3 Å². The van der Waals surface area contributed by atoms with Gasteiger partial charge in [-0.25, -0.2) is 9.38 Å². The Morgan fingerprint density at radius 2 is 2.09 bits per heavy atom. The number of aliphatic imine (C=N–C) groups is 1. The number of aromatic nitrogens is 1. The van der Waals surface area contributed by atoms with Crippen LogP contribution in [0.1, 0.15) is 12.6 Å². The number of halogens is 1. The molecule has 0 radical (unpaired) electrons. The number of hydrogen-bond acceptors (Lipinski definition) is 3. The first-order valence-corrected chi connectivity index (χ1v) is 7.67. The average molecular weight is 315 g/mol. The zero-order valence-corrected chi connectivity index (χ0v) is 12.7. The highest BCUT2D eigenvalue weighted by Crippen LogP contribution is 2.28. The van der Waals surface area contributed by atoms with Gasteiger partial charge in [0.15, 0.2) is 5.17 Å². The van der Waals surface area contributed by atoms with Crippen molar-refractivity contribution in [3.05, 3.63) is 59.0 Å². The molecule has 22 heavy (non-hydrogen) atoms. The number of carbonyl (C=O) groups excluding carboxylic acids is 1. The molecule has 0 atom stereocenters. The SMILES string of the molecule is CCn1cccc1/C=C1/SC(=Nc2ccc(F)cc2)NC1=O. The first-order chi connectivity index (χ1) is 10.7. The third-order valence-electron chi connectivity index (χ3n) is 3.19. The second-order valence-corrected chi connectivity index (χ2v) is 5.71. The summed E-state index contributed by atoms with van der Waals surface area (Å²) in [4.78, 5) is 16.9. The summed E-state index contributed by atoms with van der Waals surface area (Å²) in [5.74, 6) is -0.484. The highest BCUT2D eigenvalue weighted by molar-refractivity contribution is 8.18. The number of rotatable bonds is 3. The number of amides is 1. The zero-order chi connectivity index (χ0) is 15.5. The first-order valence-electron chi connectivity index (χ1n) is 6.86. The summed E-state index contributed by atoms with van der Waals surface area (Å²) in [6.45, 7) is 2.89. The average Bonchev–Trinajstić information content (AvgIpc) is 3.09. The normalized spacial score (nSPS) is 18.2. The summed E-state index contributed by atoms with van der Waals surface area (Å²) >= 11 is 1.28. The molecule has 6 heteroatoms. The summed E-state index contributed by atoms with van der Waals surface area (Å²) in [6, 6.07) is 9.72. The molecule has 1 aromatic heterocycles. The summed E-state index contributed by atoms with van der Waals surface area (Å²) in [6.07, 6.45) is 3.81. The summed E-state index contributed by atoms with van der Waals surface area (Å²) < 4.78 is 14.9. The predicted molar refractivity (Wildman–Crippen MR) is 87.3 cm³/mol. The van der Waals surface area contributed by atoms with Gasteiger partial charge in [0.05, 0.1) is 10.6 Å². The molecule has 0 spiro atoms. The van der Waals surface area contributed by atoms with Crippen LogP contribution in [0.5, 0.6) is 0 Å². The Bertz CT molecular complexity index is 762. The highest BCUT2D eigenvalue weighted by Gasteiger charge is 2.24. The fourth-order valence-corrected chi connectivity index (χ4v) is 2.92. The lowest BCUT2D eigenvalue weighted by Crippen LogP contribution is -2.19. The third-order valence-corrected chi connectivity index (χ3v) is 4.10. The second kappa shape index (κ2) is 6.19. The molecule has 112 valence electrons. The van der Waals surface area contributed by atoms with Crippen molar-refractivity contribution in [1.82, 2.24) is 9.88 Å². The fraction of sp³-hybridized carbons (Fsp3) is 0.125. The molecule has 0 aliphatic carbocycles. The van der Waals surface area contributed by atoms with Gasteiger partial charge in [0.2, 0.25) is 0 Å². The van der Waals surface area contributed by atoms with Crippen molar-refractivity contribution in [2.45, 2.75) is 13.5 Å². The van der Waals surface area contributed by atoms with Gasteiger partial charge >= 0.3 is 0 Å². The summed E-state index contributed by atoms with van der Waals surface area (Å²) in [5.41, 5.74) is 1.57. The fourth-order valence-electron chi connectivity index (χ4n) is 2.09. The molecular weight excluding hydrogens is 301 g/mol. The van der Waals surface area contributed by atoms with Crippen LogP contribution in [0.15, 0.2) is 52.5 Å². The molecular formula is C16H14FN3OS. The summed E-state index contributed by atoms with van der Waals surface area (Å²) in [7, 11) is 0. The van der Waals surface area contributed by atoms with Gasteiger partial charge in [0.25, 0.3) is 5.91 Å². The maximum Gasteiger partial charge on any atom is 0.264 e. The van der Waals surface area contributed by atoms with Crippen molar-refractivity contribution in [2.24, 2.45) is 4.99 Å². The van der Waals surface area contributed by atoms with Crippen molar-refractivity contribution in [3.63, 3.8) is 0 Å². The Hall–Kier alpha value is -2.34. The monoisotopic (exact) mass is 315 g/mol. The lowest BCUT2D eigenvalue weighted by Gasteiger charge is -2.01. The van der Waals surface area contributed by atoms with Crippen molar-refractivity contribution in [3.8, 4) is 0 Å². The van der Waals surface area contributed by atoms with E-state index in [-0.39, 0.29) is 11.7 Å². The van der Waals surface area contributed by atoms with E-state index in [9.17, 15) is 9.18 Å². The van der Waals surface area contributed by atoms with E-state index < -0.39 is 0 Å². The quantitative estimate of drug-likeness (QED) is 0.881. The molecule has 1 aliphatic rings. The van der Waals surface area contributed by atoms with Gasteiger partial charge in [-0.3, -0.25) is 4.79 Å². The van der Waals surface area contributed by atoms with Gasteiger partial charge in [0, 0.05) is 18.4 Å². The van der Waals surface area contributed by atoms with Gasteiger partial charge in [-0.2, -0.15) is 0 Å². The van der Waals surface area contributed by atoms with Crippen LogP contribution in [-0.4, -0.2) is 15.6 Å². The molecule has 1 N–H and O–H groups in total. The van der Waals surface area contributed by atoms with Crippen LogP contribution < -0.4 is 5.32 Å². The molecule has 2 heterocycles. The Morgan fingerprint density at radius 1 is 1.32 bits per heavy atom. The van der Waals surface area contributed by atoms with Gasteiger partial charge in [0.1, 0.15) is 5.82 Å². The molecule has 1 aliphatic heterocycles. The van der Waals surface area contributed by atoms with Crippen LogP contribution in [0.3, 0.4) is 0 Å². The molecule has 3 rings (SSSR count). The molecule has 4 nitrogen and oxygen atoms in total. The van der Waals surface area contributed by atoms with Crippen molar-refractivity contribution < 1.29 is 9.18 Å². The third kappa shape index (κ3) is 3.12. The molecule has 1 saturated heterocycles. The van der Waals surface area contributed by atoms with E-state index >= 15 is 0 Å². The standard InChI is InChI=1S/C16H14FN3OS/c1-2-20-9-3-4-13(20)10-14-15(21)19-16(22-14)18-12-7-5-11(17)6-8-12/h3-10H,2H2,1H3,(H,18,19,21)/b14-10+. The number of nitrogens with one attached hydrogen (secondary N) is 1. The van der Waals surface area contributed by atoms with E-state index in [2.05, 4.69) is 14.9 Å². The Morgan fingerprint density at radius 3 is 2.82 bits per heavy atom. The maximum atomic E-state index is 12.9. The van der Waals surface area contributed by atoms with Crippen LogP contribution in [0.25, 0.3) is 6.08 Å². The van der Waals surface area contributed by atoms with E-state index in [1.807, 2.05) is 31.3 Å². The highest BCUT2D eigenvalue weighted by atomic mass is 32.2. The molecule has 0 bridgehead atoms. The van der Waals surface area contributed by atoms with Gasteiger partial charge in [-0.1, -0.05) is 0 Å². The van der Waals surface area contributed by atoms with E-state index in [0.717, 1.165) is 12.2 Å². The van der Waals surface area contributed by atoms with Crippen LogP contribution in [0.4, 0.5) is 10.1 Å². The van der Waals surface area contributed by atoms with Gasteiger partial charge < -0.3 is 9.88 Å². The number of thioether (sulfide) groups is 1. The lowest BCUT2D eigenvalue weighted by molar-refractivity contribution is -0.115. The first kappa shape index (κ1) is 14.6. The number of hydrogen-bond donors (Lipinski definition) is 1. The molecule has 0 saturated carbocycles. The zero-order valence-electron chi connectivity index (χ0n) is 11.9. The van der Waals surface area contributed by atoms with Crippen molar-refractivity contribution in [1.29, 1.82) is 0 Å². The Labute approximate surface area is 131 Å². The topological polar surface area (TPSA) is 46.4 Å². The molecule has 1 aromatic carbocycles. The molecule has 1 fully saturated rings. The van der Waals surface area contributed by atoms with Gasteiger partial charge in [-0.05, 0) is 61.2 Å². The Balaban J connectivity index is 1.82. The van der Waals surface area contributed by atoms with Crippen LogP contribution in [0, 0.1) is 5.82 Å². The van der Waals surface area contributed by atoms with Gasteiger partial charge in [-0.15, -0.1) is 0 Å². The van der Waals surface area contributed by atoms with Crippen LogP contribution in [0.2, 0.25) is 0 Å². The van der Waals surface area contributed by atoms with Crippen molar-refractivity contribution in [2.75, 3.05) is 0 Å². The maximum absolute atomic E-state index is 12.9. The molecule has 1 amide bonds. The minimum Gasteiger partial charge on any atom is -0.348 e. The van der Waals surface area contributed by atoms with E-state index in [4.69, 9.17) is 0 Å². The molecule has 0 unspecified atom stereocenters. The number of aryl methyl sites for hydroxylation is 1. The largest absolute Gasteiger partial charge is 0.348 e. The predicted octanol–water partition coefficient (Wildman–Crippen LogP) is 3.54. The second-order valence-electron chi connectivity index (χ2n) is 4.68. The van der Waals surface area contributed by atoms with Crippen LogP contribution >= 0.6 is 11.8 Å². The molecule has 2 aromatic rings. The number of carbonyl (C=O) groups is 1. The van der Waals surface area contributed by atoms with E-state index in [0.29, 0.717) is 15.8 Å². The summed E-state index contributed by atoms with van der Waals surface area (Å²) in [5, 5.41) is 3.22.